The lowest BCUT2D eigenvalue weighted by atomic mass is 10.1. The molecule has 2 aromatic carbocycles. The van der Waals surface area contributed by atoms with Gasteiger partial charge in [-0.05, 0) is 49.4 Å². The Morgan fingerprint density at radius 2 is 1.84 bits per heavy atom. The first kappa shape index (κ1) is 21.9. The molecule has 0 atom stereocenters. The highest BCUT2D eigenvalue weighted by Crippen LogP contribution is 2.35. The molecular weight excluding hydrogens is 442 g/mol. The Labute approximate surface area is 196 Å². The summed E-state index contributed by atoms with van der Waals surface area (Å²) in [6.45, 7) is 4.70. The summed E-state index contributed by atoms with van der Waals surface area (Å²) in [6.07, 6.45) is 5.04. The molecule has 158 valence electrons. The number of amides is 1. The van der Waals surface area contributed by atoms with Crippen LogP contribution >= 0.6 is 35.7 Å². The molecule has 3 aromatic rings. The number of rotatable bonds is 7. The molecule has 31 heavy (non-hydrogen) atoms. The summed E-state index contributed by atoms with van der Waals surface area (Å²) in [7, 11) is 0. The highest BCUT2D eigenvalue weighted by atomic mass is 32.2. The van der Waals surface area contributed by atoms with E-state index in [1.54, 1.807) is 4.90 Å². The largest absolute Gasteiger partial charge is 0.293 e. The molecule has 4 rings (SSSR count). The first-order valence-corrected chi connectivity index (χ1v) is 12.5. The molecule has 4 nitrogen and oxygen atoms in total. The molecule has 0 spiro atoms. The Hall–Kier alpha value is -2.35. The lowest BCUT2D eigenvalue weighted by Crippen LogP contribution is -2.27. The van der Waals surface area contributed by atoms with Crippen LogP contribution < -0.4 is 0 Å². The van der Waals surface area contributed by atoms with Crippen LogP contribution in [0.4, 0.5) is 0 Å². The Morgan fingerprint density at radius 1 is 1.10 bits per heavy atom. The maximum Gasteiger partial charge on any atom is 0.266 e. The van der Waals surface area contributed by atoms with E-state index in [9.17, 15) is 4.79 Å². The molecule has 1 fully saturated rings. The first-order valence-electron chi connectivity index (χ1n) is 10.2. The lowest BCUT2D eigenvalue weighted by molar-refractivity contribution is -0.121. The molecule has 1 saturated heterocycles. The second-order valence-corrected chi connectivity index (χ2v) is 9.86. The topological polar surface area (TPSA) is 38.1 Å². The highest BCUT2D eigenvalue weighted by Gasteiger charge is 2.31. The van der Waals surface area contributed by atoms with Gasteiger partial charge in [0, 0.05) is 28.8 Å². The van der Waals surface area contributed by atoms with Crippen molar-refractivity contribution in [1.29, 1.82) is 0 Å². The molecule has 7 heteroatoms. The number of hydrogen-bond donors (Lipinski definition) is 0. The lowest BCUT2D eigenvalue weighted by Gasteiger charge is -2.09. The van der Waals surface area contributed by atoms with Gasteiger partial charge in [0.05, 0.1) is 16.3 Å². The zero-order valence-electron chi connectivity index (χ0n) is 17.4. The van der Waals surface area contributed by atoms with Crippen LogP contribution in [0.1, 0.15) is 25.8 Å². The van der Waals surface area contributed by atoms with E-state index in [-0.39, 0.29) is 5.91 Å². The molecule has 0 radical (unpaired) electrons. The molecule has 0 bridgehead atoms. The average Bonchev–Trinajstić information content (AvgIpc) is 3.33. The van der Waals surface area contributed by atoms with Gasteiger partial charge in [0.1, 0.15) is 4.32 Å². The van der Waals surface area contributed by atoms with E-state index in [0.717, 1.165) is 34.7 Å². The number of benzene rings is 2. The number of para-hydroxylation sites is 1. The number of hydrogen-bond acceptors (Lipinski definition) is 5. The van der Waals surface area contributed by atoms with E-state index < -0.39 is 0 Å². The van der Waals surface area contributed by atoms with Gasteiger partial charge < -0.3 is 0 Å². The van der Waals surface area contributed by atoms with E-state index >= 15 is 0 Å². The number of thioether (sulfide) groups is 2. The van der Waals surface area contributed by atoms with Crippen LogP contribution in [-0.4, -0.2) is 37.2 Å². The van der Waals surface area contributed by atoms with Crippen LogP contribution in [-0.2, 0) is 4.79 Å². The number of carbonyl (C=O) groups excluding carboxylic acids is 1. The van der Waals surface area contributed by atoms with Gasteiger partial charge in [0.25, 0.3) is 5.91 Å². The second kappa shape index (κ2) is 9.85. The molecule has 0 N–H and O–H groups in total. The highest BCUT2D eigenvalue weighted by molar-refractivity contribution is 8.26. The van der Waals surface area contributed by atoms with Gasteiger partial charge in [-0.2, -0.15) is 5.10 Å². The minimum absolute atomic E-state index is 0.0396. The minimum atomic E-state index is -0.0396. The molecule has 1 aliphatic heterocycles. The summed E-state index contributed by atoms with van der Waals surface area (Å²) < 4.78 is 2.47. The van der Waals surface area contributed by atoms with Gasteiger partial charge >= 0.3 is 0 Å². The van der Waals surface area contributed by atoms with Gasteiger partial charge in [-0.3, -0.25) is 9.69 Å². The van der Waals surface area contributed by atoms with Crippen molar-refractivity contribution < 1.29 is 4.79 Å². The molecule has 2 heterocycles. The standard InChI is InChI=1S/C24H23N3OS3/c1-3-14-30-20-12-10-17(11-13-20)22-18(15-21-23(28)26(4-2)24(29)31-21)16-27(25-22)19-8-6-5-7-9-19/h5-13,15-16H,3-4,14H2,1-2H3. The smallest absolute Gasteiger partial charge is 0.266 e. The summed E-state index contributed by atoms with van der Waals surface area (Å²) in [5, 5.41) is 4.87. The van der Waals surface area contributed by atoms with Gasteiger partial charge in [-0.25, -0.2) is 4.68 Å². The molecular formula is C24H23N3OS3. The van der Waals surface area contributed by atoms with Gasteiger partial charge in [0.15, 0.2) is 0 Å². The van der Waals surface area contributed by atoms with Gasteiger partial charge in [0.2, 0.25) is 0 Å². The number of aromatic nitrogens is 2. The van der Waals surface area contributed by atoms with E-state index in [4.69, 9.17) is 17.3 Å². The third kappa shape index (κ3) is 4.79. The van der Waals surface area contributed by atoms with Gasteiger partial charge in [-0.1, -0.05) is 61.2 Å². The average molecular weight is 466 g/mol. The summed E-state index contributed by atoms with van der Waals surface area (Å²) >= 11 is 8.58. The van der Waals surface area contributed by atoms with E-state index in [1.807, 2.05) is 66.0 Å². The second-order valence-electron chi connectivity index (χ2n) is 7.01. The fraction of sp³-hybridized carbons (Fsp3) is 0.208. The van der Waals surface area contributed by atoms with Crippen LogP contribution in [0.3, 0.4) is 0 Å². The van der Waals surface area contributed by atoms with E-state index in [0.29, 0.717) is 15.8 Å². The maximum atomic E-state index is 12.7. The molecule has 0 unspecified atom stereocenters. The normalized spacial score (nSPS) is 15.3. The van der Waals surface area contributed by atoms with Crippen molar-refractivity contribution in [2.75, 3.05) is 12.3 Å². The van der Waals surface area contributed by atoms with Crippen molar-refractivity contribution in [1.82, 2.24) is 14.7 Å². The van der Waals surface area contributed by atoms with Crippen LogP contribution in [0.15, 0.2) is 70.6 Å². The Balaban J connectivity index is 1.75. The van der Waals surface area contributed by atoms with E-state index in [2.05, 4.69) is 31.2 Å². The molecule has 0 aliphatic carbocycles. The predicted molar refractivity (Wildman–Crippen MR) is 136 cm³/mol. The van der Waals surface area contributed by atoms with Gasteiger partial charge in [-0.15, -0.1) is 11.8 Å². The number of thiocarbonyl (C=S) groups is 1. The van der Waals surface area contributed by atoms with Crippen molar-refractivity contribution in [2.45, 2.75) is 25.2 Å². The quantitative estimate of drug-likeness (QED) is 0.234. The third-order valence-corrected chi connectivity index (χ3v) is 7.44. The summed E-state index contributed by atoms with van der Waals surface area (Å²) in [5.41, 5.74) is 3.74. The van der Waals surface area contributed by atoms with Crippen LogP contribution in [0, 0.1) is 0 Å². The van der Waals surface area contributed by atoms with Crippen molar-refractivity contribution in [3.05, 3.63) is 71.3 Å². The first-order chi connectivity index (χ1) is 15.1. The van der Waals surface area contributed by atoms with Crippen molar-refractivity contribution >= 4 is 52.0 Å². The Bertz CT molecular complexity index is 1120. The monoisotopic (exact) mass is 465 g/mol. The van der Waals surface area contributed by atoms with E-state index in [1.165, 1.54) is 16.7 Å². The van der Waals surface area contributed by atoms with Crippen molar-refractivity contribution in [3.63, 3.8) is 0 Å². The molecule has 1 amide bonds. The van der Waals surface area contributed by atoms with Crippen LogP contribution in [0.5, 0.6) is 0 Å². The zero-order chi connectivity index (χ0) is 21.8. The SMILES string of the molecule is CCCSc1ccc(-c2nn(-c3ccccc3)cc2C=C2SC(=S)N(CC)C2=O)cc1. The molecule has 1 aromatic heterocycles. The van der Waals surface area contributed by atoms with Crippen LogP contribution in [0.25, 0.3) is 23.0 Å². The van der Waals surface area contributed by atoms with Crippen molar-refractivity contribution in [2.24, 2.45) is 0 Å². The molecule has 1 aliphatic rings. The number of nitrogens with zero attached hydrogens (tertiary/aromatic N) is 3. The maximum absolute atomic E-state index is 12.7. The Morgan fingerprint density at radius 3 is 2.48 bits per heavy atom. The minimum Gasteiger partial charge on any atom is -0.293 e. The zero-order valence-corrected chi connectivity index (χ0v) is 19.9. The fourth-order valence-corrected chi connectivity index (χ4v) is 5.42. The molecule has 0 saturated carbocycles. The predicted octanol–water partition coefficient (Wildman–Crippen LogP) is 6.26. The summed E-state index contributed by atoms with van der Waals surface area (Å²) in [4.78, 5) is 16.3. The summed E-state index contributed by atoms with van der Waals surface area (Å²) in [5.74, 6) is 1.06. The number of likely N-dealkylation sites (N-methyl/N-ethyl adjacent to an activating group) is 1. The Kier molecular flexibility index (Phi) is 6.95. The summed E-state index contributed by atoms with van der Waals surface area (Å²) in [6, 6.07) is 18.5. The van der Waals surface area contributed by atoms with Crippen LogP contribution in [0.2, 0.25) is 0 Å². The number of carbonyl (C=O) groups is 1. The van der Waals surface area contributed by atoms with Crippen molar-refractivity contribution in [3.8, 4) is 16.9 Å². The fourth-order valence-electron chi connectivity index (χ4n) is 3.27. The third-order valence-electron chi connectivity index (χ3n) is 4.84.